The molecule has 1 aromatic heterocycles. The van der Waals surface area contributed by atoms with Gasteiger partial charge in [-0.3, -0.25) is 4.79 Å². The van der Waals surface area contributed by atoms with Crippen LogP contribution in [0.3, 0.4) is 0 Å². The molecule has 134 valence electrons. The Bertz CT molecular complexity index is 925. The van der Waals surface area contributed by atoms with Gasteiger partial charge in [-0.2, -0.15) is 0 Å². The summed E-state index contributed by atoms with van der Waals surface area (Å²) in [6.07, 6.45) is 5.51. The lowest BCUT2D eigenvalue weighted by atomic mass is 10.1. The second-order valence-corrected chi connectivity index (χ2v) is 6.28. The van der Waals surface area contributed by atoms with Crippen LogP contribution in [-0.2, 0) is 11.2 Å². The van der Waals surface area contributed by atoms with E-state index in [0.29, 0.717) is 6.54 Å². The third kappa shape index (κ3) is 4.14. The van der Waals surface area contributed by atoms with Crippen LogP contribution >= 0.6 is 0 Å². The fraction of sp³-hybridized carbons (Fsp3) is 0.227. The number of carbonyl (C=O) groups is 1. The zero-order valence-electron chi connectivity index (χ0n) is 15.2. The SMILES string of the molecule is COc1ccccc1C(C)=CC(=O)NCCCc1c[nH]c2ccccc12. The van der Waals surface area contributed by atoms with Gasteiger partial charge in [0, 0.05) is 35.3 Å². The Morgan fingerprint density at radius 1 is 1.15 bits per heavy atom. The molecule has 2 aromatic carbocycles. The number of hydrogen-bond donors (Lipinski definition) is 2. The van der Waals surface area contributed by atoms with Crippen LogP contribution in [0.2, 0.25) is 0 Å². The molecule has 0 bridgehead atoms. The quantitative estimate of drug-likeness (QED) is 0.493. The first kappa shape index (κ1) is 17.8. The molecule has 4 heteroatoms. The summed E-state index contributed by atoms with van der Waals surface area (Å²) >= 11 is 0. The summed E-state index contributed by atoms with van der Waals surface area (Å²) < 4.78 is 5.35. The molecular formula is C22H24N2O2. The van der Waals surface area contributed by atoms with E-state index in [1.807, 2.05) is 43.3 Å². The van der Waals surface area contributed by atoms with Gasteiger partial charge in [-0.15, -0.1) is 0 Å². The first-order chi connectivity index (χ1) is 12.7. The van der Waals surface area contributed by atoms with E-state index < -0.39 is 0 Å². The van der Waals surface area contributed by atoms with Crippen molar-refractivity contribution in [1.82, 2.24) is 10.3 Å². The average Bonchev–Trinajstić information content (AvgIpc) is 3.08. The Kier molecular flexibility index (Phi) is 5.74. The van der Waals surface area contributed by atoms with E-state index >= 15 is 0 Å². The molecule has 0 aliphatic rings. The van der Waals surface area contributed by atoms with Crippen LogP contribution in [0.25, 0.3) is 16.5 Å². The molecule has 2 N–H and O–H groups in total. The summed E-state index contributed by atoms with van der Waals surface area (Å²) in [4.78, 5) is 15.4. The third-order valence-electron chi connectivity index (χ3n) is 4.48. The zero-order chi connectivity index (χ0) is 18.4. The number of para-hydroxylation sites is 2. The summed E-state index contributed by atoms with van der Waals surface area (Å²) in [6, 6.07) is 16.0. The van der Waals surface area contributed by atoms with E-state index in [1.165, 1.54) is 10.9 Å². The van der Waals surface area contributed by atoms with Crippen LogP contribution in [0.15, 0.2) is 60.8 Å². The highest BCUT2D eigenvalue weighted by atomic mass is 16.5. The molecule has 0 radical (unpaired) electrons. The second kappa shape index (κ2) is 8.39. The number of H-pyrrole nitrogens is 1. The largest absolute Gasteiger partial charge is 0.496 e. The molecule has 0 aliphatic carbocycles. The summed E-state index contributed by atoms with van der Waals surface area (Å²) in [5.74, 6) is 0.695. The Hall–Kier alpha value is -3.01. The molecule has 0 saturated carbocycles. The fourth-order valence-electron chi connectivity index (χ4n) is 3.12. The van der Waals surface area contributed by atoms with Crippen LogP contribution in [0.5, 0.6) is 5.75 Å². The maximum atomic E-state index is 12.2. The van der Waals surface area contributed by atoms with Gasteiger partial charge in [0.15, 0.2) is 0 Å². The number of benzene rings is 2. The molecule has 3 aromatic rings. The van der Waals surface area contributed by atoms with E-state index in [4.69, 9.17) is 4.74 Å². The Morgan fingerprint density at radius 3 is 2.77 bits per heavy atom. The van der Waals surface area contributed by atoms with E-state index in [9.17, 15) is 4.79 Å². The third-order valence-corrected chi connectivity index (χ3v) is 4.48. The molecule has 3 rings (SSSR count). The molecule has 0 atom stereocenters. The number of nitrogens with one attached hydrogen (secondary N) is 2. The normalized spacial score (nSPS) is 11.5. The number of allylic oxidation sites excluding steroid dienone is 1. The number of aryl methyl sites for hydroxylation is 1. The van der Waals surface area contributed by atoms with E-state index in [2.05, 4.69) is 28.6 Å². The van der Waals surface area contributed by atoms with Gasteiger partial charge in [0.1, 0.15) is 5.75 Å². The predicted octanol–water partition coefficient (Wildman–Crippen LogP) is 4.33. The van der Waals surface area contributed by atoms with Crippen molar-refractivity contribution in [2.24, 2.45) is 0 Å². The maximum absolute atomic E-state index is 12.2. The van der Waals surface area contributed by atoms with Gasteiger partial charge in [0.25, 0.3) is 0 Å². The lowest BCUT2D eigenvalue weighted by molar-refractivity contribution is -0.116. The lowest BCUT2D eigenvalue weighted by Gasteiger charge is -2.08. The van der Waals surface area contributed by atoms with Crippen molar-refractivity contribution < 1.29 is 9.53 Å². The van der Waals surface area contributed by atoms with Crippen LogP contribution < -0.4 is 10.1 Å². The summed E-state index contributed by atoms with van der Waals surface area (Å²) in [6.45, 7) is 2.57. The molecule has 26 heavy (non-hydrogen) atoms. The van der Waals surface area contributed by atoms with Crippen molar-refractivity contribution in [2.75, 3.05) is 13.7 Å². The number of hydrogen-bond acceptors (Lipinski definition) is 2. The molecule has 0 unspecified atom stereocenters. The minimum atomic E-state index is -0.0765. The molecule has 0 saturated heterocycles. The van der Waals surface area contributed by atoms with Crippen LogP contribution in [0.4, 0.5) is 0 Å². The van der Waals surface area contributed by atoms with Gasteiger partial charge in [-0.05, 0) is 43.0 Å². The molecule has 1 heterocycles. The van der Waals surface area contributed by atoms with Gasteiger partial charge in [-0.1, -0.05) is 36.4 Å². The number of fused-ring (bicyclic) bond motifs is 1. The number of aromatic nitrogens is 1. The summed E-state index contributed by atoms with van der Waals surface area (Å²) in [5.41, 5.74) is 4.26. The molecule has 4 nitrogen and oxygen atoms in total. The van der Waals surface area contributed by atoms with E-state index in [0.717, 1.165) is 35.2 Å². The summed E-state index contributed by atoms with van der Waals surface area (Å²) in [5, 5.41) is 4.22. The van der Waals surface area contributed by atoms with Gasteiger partial charge < -0.3 is 15.0 Å². The maximum Gasteiger partial charge on any atom is 0.244 e. The van der Waals surface area contributed by atoms with Crippen LogP contribution in [0.1, 0.15) is 24.5 Å². The number of carbonyl (C=O) groups excluding carboxylic acids is 1. The molecule has 0 aliphatic heterocycles. The van der Waals surface area contributed by atoms with Crippen molar-refractivity contribution >= 4 is 22.4 Å². The minimum Gasteiger partial charge on any atom is -0.496 e. The Labute approximate surface area is 153 Å². The van der Waals surface area contributed by atoms with E-state index in [-0.39, 0.29) is 5.91 Å². The predicted molar refractivity (Wildman–Crippen MR) is 106 cm³/mol. The van der Waals surface area contributed by atoms with Gasteiger partial charge >= 0.3 is 0 Å². The second-order valence-electron chi connectivity index (χ2n) is 6.28. The first-order valence-electron chi connectivity index (χ1n) is 8.83. The molecule has 1 amide bonds. The van der Waals surface area contributed by atoms with E-state index in [1.54, 1.807) is 13.2 Å². The lowest BCUT2D eigenvalue weighted by Crippen LogP contribution is -2.22. The number of aromatic amines is 1. The highest BCUT2D eigenvalue weighted by molar-refractivity contribution is 5.95. The number of ether oxygens (including phenoxy) is 1. The number of methoxy groups -OCH3 is 1. The number of amides is 1. The highest BCUT2D eigenvalue weighted by Gasteiger charge is 2.06. The van der Waals surface area contributed by atoms with Gasteiger partial charge in [0.2, 0.25) is 5.91 Å². The minimum absolute atomic E-state index is 0.0765. The van der Waals surface area contributed by atoms with Crippen molar-refractivity contribution in [3.05, 3.63) is 71.9 Å². The zero-order valence-corrected chi connectivity index (χ0v) is 15.2. The van der Waals surface area contributed by atoms with Crippen molar-refractivity contribution in [3.63, 3.8) is 0 Å². The van der Waals surface area contributed by atoms with Gasteiger partial charge in [0.05, 0.1) is 7.11 Å². The first-order valence-corrected chi connectivity index (χ1v) is 8.83. The fourth-order valence-corrected chi connectivity index (χ4v) is 3.12. The van der Waals surface area contributed by atoms with Crippen molar-refractivity contribution in [3.8, 4) is 5.75 Å². The Balaban J connectivity index is 1.52. The monoisotopic (exact) mass is 348 g/mol. The molecule has 0 spiro atoms. The van der Waals surface area contributed by atoms with Crippen molar-refractivity contribution in [1.29, 1.82) is 0 Å². The smallest absolute Gasteiger partial charge is 0.244 e. The summed E-state index contributed by atoms with van der Waals surface area (Å²) in [7, 11) is 1.64. The van der Waals surface area contributed by atoms with Gasteiger partial charge in [-0.25, -0.2) is 0 Å². The average molecular weight is 348 g/mol. The van der Waals surface area contributed by atoms with Crippen molar-refractivity contribution in [2.45, 2.75) is 19.8 Å². The van der Waals surface area contributed by atoms with Crippen LogP contribution in [-0.4, -0.2) is 24.5 Å². The highest BCUT2D eigenvalue weighted by Crippen LogP contribution is 2.25. The topological polar surface area (TPSA) is 54.1 Å². The Morgan fingerprint density at radius 2 is 1.92 bits per heavy atom. The number of rotatable bonds is 7. The molecule has 0 fully saturated rings. The standard InChI is InChI=1S/C22H24N2O2/c1-16(18-9-4-6-12-21(18)26-2)14-22(25)23-13-7-8-17-15-24-20-11-5-3-10-19(17)20/h3-6,9-12,14-15,24H,7-8,13H2,1-2H3,(H,23,25). The van der Waals surface area contributed by atoms with Crippen LogP contribution in [0, 0.1) is 0 Å². The molecular weight excluding hydrogens is 324 g/mol.